The number of carbonyl (C=O) groups excluding carboxylic acids is 1. The highest BCUT2D eigenvalue weighted by molar-refractivity contribution is 6.35. The van der Waals surface area contributed by atoms with Crippen molar-refractivity contribution >= 4 is 45.0 Å². The van der Waals surface area contributed by atoms with E-state index in [9.17, 15) is 20.1 Å². The third-order valence-corrected chi connectivity index (χ3v) is 7.25. The summed E-state index contributed by atoms with van der Waals surface area (Å²) in [5.74, 6) is -1.09. The lowest BCUT2D eigenvalue weighted by molar-refractivity contribution is -0.159. The molecule has 3 aromatic carbocycles. The standard InChI is InChI=1S/C28H28ClFN4O5/c1-3-15(2)39-28-31-24-20(25(32-28)33-8-10-34(11-9-33)26(36)27(37)38)14-21(29)22(23(24)30)19-13-17(35)12-16-6-4-5-7-18(16)19/h4-7,12-15,27,35,37-38H,3,8-11H2,1-2H3. The fraction of sp³-hybridized carbons (Fsp3) is 0.321. The Morgan fingerprint density at radius 1 is 1.10 bits per heavy atom. The summed E-state index contributed by atoms with van der Waals surface area (Å²) < 4.78 is 22.3. The van der Waals surface area contributed by atoms with Crippen molar-refractivity contribution in [1.82, 2.24) is 14.9 Å². The molecule has 1 aliphatic heterocycles. The van der Waals surface area contributed by atoms with Crippen molar-refractivity contribution in [3.8, 4) is 22.9 Å². The number of amides is 1. The Hall–Kier alpha value is -3.73. The molecule has 1 aromatic heterocycles. The number of piperazine rings is 1. The minimum Gasteiger partial charge on any atom is -0.508 e. The fourth-order valence-electron chi connectivity index (χ4n) is 4.77. The van der Waals surface area contributed by atoms with Crippen LogP contribution in [0.3, 0.4) is 0 Å². The topological polar surface area (TPSA) is 119 Å². The number of hydrogen-bond donors (Lipinski definition) is 3. The average molecular weight is 555 g/mol. The molecule has 11 heteroatoms. The molecule has 1 saturated heterocycles. The van der Waals surface area contributed by atoms with E-state index in [1.54, 1.807) is 12.1 Å². The zero-order valence-corrected chi connectivity index (χ0v) is 22.2. The number of nitrogens with zero attached hydrogens (tertiary/aromatic N) is 4. The number of aliphatic hydroxyl groups is 2. The van der Waals surface area contributed by atoms with Gasteiger partial charge in [0.1, 0.15) is 17.1 Å². The van der Waals surface area contributed by atoms with Crippen LogP contribution in [-0.4, -0.2) is 74.7 Å². The Morgan fingerprint density at radius 2 is 1.82 bits per heavy atom. The molecule has 0 saturated carbocycles. The van der Waals surface area contributed by atoms with Crippen LogP contribution in [0.2, 0.25) is 5.02 Å². The second-order valence-electron chi connectivity index (χ2n) is 9.51. The molecule has 0 aliphatic carbocycles. The van der Waals surface area contributed by atoms with Crippen LogP contribution in [0.15, 0.2) is 42.5 Å². The smallest absolute Gasteiger partial charge is 0.319 e. The molecule has 1 atom stereocenters. The van der Waals surface area contributed by atoms with E-state index in [1.165, 1.54) is 11.0 Å². The van der Waals surface area contributed by atoms with Gasteiger partial charge in [-0.2, -0.15) is 9.97 Å². The molecule has 204 valence electrons. The number of aromatic nitrogens is 2. The predicted molar refractivity (Wildman–Crippen MR) is 147 cm³/mol. The fourth-order valence-corrected chi connectivity index (χ4v) is 5.06. The van der Waals surface area contributed by atoms with Gasteiger partial charge in [-0.05, 0) is 47.9 Å². The molecular formula is C28H28ClFN4O5. The molecule has 0 bridgehead atoms. The molecule has 1 amide bonds. The Balaban J connectivity index is 1.66. The number of benzene rings is 3. The minimum absolute atomic E-state index is 0.00377. The van der Waals surface area contributed by atoms with E-state index >= 15 is 4.39 Å². The molecule has 9 nitrogen and oxygen atoms in total. The van der Waals surface area contributed by atoms with Crippen LogP contribution >= 0.6 is 11.6 Å². The number of hydrogen-bond acceptors (Lipinski definition) is 8. The summed E-state index contributed by atoms with van der Waals surface area (Å²) in [6.45, 7) is 4.86. The molecule has 1 aliphatic rings. The van der Waals surface area contributed by atoms with E-state index in [-0.39, 0.29) is 47.1 Å². The molecule has 4 aromatic rings. The van der Waals surface area contributed by atoms with Crippen molar-refractivity contribution in [2.45, 2.75) is 32.7 Å². The number of phenolic OH excluding ortho intramolecular Hbond substituents is 1. The van der Waals surface area contributed by atoms with Gasteiger partial charge in [-0.1, -0.05) is 42.8 Å². The third kappa shape index (κ3) is 5.15. The number of carbonyl (C=O) groups is 1. The second kappa shape index (κ2) is 10.8. The molecule has 0 radical (unpaired) electrons. The number of aromatic hydroxyl groups is 1. The van der Waals surface area contributed by atoms with Crippen LogP contribution in [-0.2, 0) is 4.79 Å². The van der Waals surface area contributed by atoms with Gasteiger partial charge in [0.25, 0.3) is 5.91 Å². The van der Waals surface area contributed by atoms with Gasteiger partial charge in [-0.3, -0.25) is 4.79 Å². The molecule has 1 unspecified atom stereocenters. The number of fused-ring (bicyclic) bond motifs is 2. The lowest BCUT2D eigenvalue weighted by Crippen LogP contribution is -2.51. The van der Waals surface area contributed by atoms with Crippen molar-refractivity contribution in [2.75, 3.05) is 31.1 Å². The van der Waals surface area contributed by atoms with Crippen molar-refractivity contribution in [3.05, 3.63) is 53.3 Å². The molecule has 39 heavy (non-hydrogen) atoms. The maximum Gasteiger partial charge on any atom is 0.319 e. The summed E-state index contributed by atoms with van der Waals surface area (Å²) in [5.41, 5.74) is 0.534. The summed E-state index contributed by atoms with van der Waals surface area (Å²) in [7, 11) is 0. The SMILES string of the molecule is CCC(C)Oc1nc(N2CCN(C(=O)C(O)O)CC2)c2cc(Cl)c(-c3cc(O)cc4ccccc34)c(F)c2n1. The van der Waals surface area contributed by atoms with Crippen LogP contribution in [0, 0.1) is 5.82 Å². The Bertz CT molecular complexity index is 1560. The van der Waals surface area contributed by atoms with Gasteiger partial charge in [0, 0.05) is 37.1 Å². The summed E-state index contributed by atoms with van der Waals surface area (Å²) >= 11 is 6.72. The maximum atomic E-state index is 16.4. The number of halogens is 2. The van der Waals surface area contributed by atoms with E-state index < -0.39 is 18.0 Å². The molecule has 3 N–H and O–H groups in total. The molecular weight excluding hydrogens is 527 g/mol. The van der Waals surface area contributed by atoms with E-state index in [1.807, 2.05) is 43.0 Å². The number of phenols is 1. The largest absolute Gasteiger partial charge is 0.508 e. The quantitative estimate of drug-likeness (QED) is 0.305. The first-order chi connectivity index (χ1) is 18.7. The summed E-state index contributed by atoms with van der Waals surface area (Å²) in [6, 6.07) is 12.0. The summed E-state index contributed by atoms with van der Waals surface area (Å²) in [5, 5.41) is 30.8. The second-order valence-corrected chi connectivity index (χ2v) is 9.92. The van der Waals surface area contributed by atoms with Crippen LogP contribution in [0.4, 0.5) is 10.2 Å². The Morgan fingerprint density at radius 3 is 2.51 bits per heavy atom. The van der Waals surface area contributed by atoms with Crippen LogP contribution in [0.5, 0.6) is 11.8 Å². The highest BCUT2D eigenvalue weighted by Crippen LogP contribution is 2.42. The molecule has 1 fully saturated rings. The van der Waals surface area contributed by atoms with E-state index in [2.05, 4.69) is 9.97 Å². The van der Waals surface area contributed by atoms with Gasteiger partial charge in [0.2, 0.25) is 6.29 Å². The van der Waals surface area contributed by atoms with E-state index in [0.29, 0.717) is 41.7 Å². The Labute approximate surface area is 229 Å². The summed E-state index contributed by atoms with van der Waals surface area (Å²) in [6.07, 6.45) is -1.61. The van der Waals surface area contributed by atoms with Gasteiger partial charge < -0.3 is 29.9 Å². The van der Waals surface area contributed by atoms with Gasteiger partial charge in [0.05, 0.1) is 11.1 Å². The van der Waals surface area contributed by atoms with Crippen LogP contribution in [0.25, 0.3) is 32.8 Å². The zero-order valence-electron chi connectivity index (χ0n) is 21.4. The molecule has 2 heterocycles. The highest BCUT2D eigenvalue weighted by Gasteiger charge is 2.29. The first-order valence-corrected chi connectivity index (χ1v) is 13.0. The van der Waals surface area contributed by atoms with Crippen LogP contribution in [0.1, 0.15) is 20.3 Å². The minimum atomic E-state index is -2.08. The van der Waals surface area contributed by atoms with Crippen molar-refractivity contribution < 1.29 is 29.2 Å². The van der Waals surface area contributed by atoms with Crippen molar-refractivity contribution in [3.63, 3.8) is 0 Å². The van der Waals surface area contributed by atoms with E-state index in [4.69, 9.17) is 16.3 Å². The summed E-state index contributed by atoms with van der Waals surface area (Å²) in [4.78, 5) is 24.2. The van der Waals surface area contributed by atoms with Gasteiger partial charge in [-0.15, -0.1) is 0 Å². The first kappa shape index (κ1) is 26.9. The van der Waals surface area contributed by atoms with Crippen LogP contribution < -0.4 is 9.64 Å². The van der Waals surface area contributed by atoms with Gasteiger partial charge >= 0.3 is 6.01 Å². The average Bonchev–Trinajstić information content (AvgIpc) is 2.92. The first-order valence-electron chi connectivity index (χ1n) is 12.7. The zero-order chi connectivity index (χ0) is 27.8. The van der Waals surface area contributed by atoms with Crippen molar-refractivity contribution in [2.24, 2.45) is 0 Å². The third-order valence-electron chi connectivity index (χ3n) is 6.95. The monoisotopic (exact) mass is 554 g/mol. The highest BCUT2D eigenvalue weighted by atomic mass is 35.5. The number of rotatable bonds is 6. The predicted octanol–water partition coefficient (Wildman–Crippen LogP) is 4.08. The Kier molecular flexibility index (Phi) is 7.44. The van der Waals surface area contributed by atoms with Gasteiger partial charge in [0.15, 0.2) is 5.82 Å². The number of ether oxygens (including phenoxy) is 1. The maximum absolute atomic E-state index is 16.4. The number of aliphatic hydroxyl groups excluding tert-OH is 1. The molecule has 0 spiro atoms. The van der Waals surface area contributed by atoms with Gasteiger partial charge in [-0.25, -0.2) is 4.39 Å². The van der Waals surface area contributed by atoms with Crippen molar-refractivity contribution in [1.29, 1.82) is 0 Å². The normalized spacial score (nSPS) is 14.8. The lowest BCUT2D eigenvalue weighted by atomic mass is 9.96. The van der Waals surface area contributed by atoms with E-state index in [0.717, 1.165) is 5.39 Å². The molecule has 5 rings (SSSR count). The lowest BCUT2D eigenvalue weighted by Gasteiger charge is -2.36. The number of anilines is 1.